The second kappa shape index (κ2) is 5.66. The number of amides is 2. The fourth-order valence-corrected chi connectivity index (χ4v) is 2.60. The zero-order chi connectivity index (χ0) is 13.8. The Hall–Kier alpha value is -2.47. The van der Waals surface area contributed by atoms with Crippen molar-refractivity contribution >= 4 is 32.7 Å². The smallest absolute Gasteiger partial charge is 0.321 e. The summed E-state index contributed by atoms with van der Waals surface area (Å²) in [6.45, 7) is 0.386. The summed E-state index contributed by atoms with van der Waals surface area (Å²) in [7, 11) is 0. The van der Waals surface area contributed by atoms with Crippen LogP contribution in [0.4, 0.5) is 9.93 Å². The molecule has 0 fully saturated rings. The third kappa shape index (κ3) is 2.92. The van der Waals surface area contributed by atoms with Gasteiger partial charge in [0, 0.05) is 6.20 Å². The van der Waals surface area contributed by atoms with Crippen LogP contribution < -0.4 is 10.6 Å². The molecule has 0 spiro atoms. The zero-order valence-corrected chi connectivity index (χ0v) is 11.4. The minimum atomic E-state index is -0.283. The molecule has 0 saturated heterocycles. The normalized spacial score (nSPS) is 10.4. The van der Waals surface area contributed by atoms with Crippen LogP contribution in [0.1, 0.15) is 5.69 Å². The first-order valence-electron chi connectivity index (χ1n) is 6.11. The van der Waals surface area contributed by atoms with Crippen LogP contribution in [-0.4, -0.2) is 16.0 Å². The number of rotatable bonds is 3. The first-order chi connectivity index (χ1) is 9.81. The highest BCUT2D eigenvalue weighted by Crippen LogP contribution is 2.25. The molecule has 2 N–H and O–H groups in total. The number of hydrogen-bond donors (Lipinski definition) is 2. The van der Waals surface area contributed by atoms with Crippen molar-refractivity contribution in [2.45, 2.75) is 6.54 Å². The van der Waals surface area contributed by atoms with E-state index in [4.69, 9.17) is 0 Å². The van der Waals surface area contributed by atoms with Gasteiger partial charge in [0.05, 0.1) is 22.5 Å². The summed E-state index contributed by atoms with van der Waals surface area (Å²) in [6.07, 6.45) is 1.70. The van der Waals surface area contributed by atoms with Crippen molar-refractivity contribution < 1.29 is 4.79 Å². The third-order valence-electron chi connectivity index (χ3n) is 2.67. The Kier molecular flexibility index (Phi) is 3.56. The summed E-state index contributed by atoms with van der Waals surface area (Å²) in [5.41, 5.74) is 1.70. The van der Waals surface area contributed by atoms with E-state index in [1.54, 1.807) is 6.20 Å². The summed E-state index contributed by atoms with van der Waals surface area (Å²) < 4.78 is 1.05. The topological polar surface area (TPSA) is 66.9 Å². The van der Waals surface area contributed by atoms with Crippen molar-refractivity contribution in [3.63, 3.8) is 0 Å². The molecule has 2 heterocycles. The maximum Gasteiger partial charge on any atom is 0.321 e. The fraction of sp³-hybridized carbons (Fsp3) is 0.0714. The van der Waals surface area contributed by atoms with Crippen LogP contribution in [0, 0.1) is 0 Å². The minimum Gasteiger partial charge on any atom is -0.332 e. The molecule has 2 aromatic heterocycles. The van der Waals surface area contributed by atoms with Crippen molar-refractivity contribution in [1.82, 2.24) is 15.3 Å². The van der Waals surface area contributed by atoms with Gasteiger partial charge in [0.25, 0.3) is 0 Å². The Morgan fingerprint density at radius 1 is 1.15 bits per heavy atom. The van der Waals surface area contributed by atoms with Crippen LogP contribution in [0.2, 0.25) is 0 Å². The summed E-state index contributed by atoms with van der Waals surface area (Å²) in [4.78, 5) is 20.3. The summed E-state index contributed by atoms with van der Waals surface area (Å²) in [6, 6.07) is 13.1. The lowest BCUT2D eigenvalue weighted by Crippen LogP contribution is -2.28. The quantitative estimate of drug-likeness (QED) is 0.777. The van der Waals surface area contributed by atoms with Gasteiger partial charge in [0.15, 0.2) is 5.13 Å². The van der Waals surface area contributed by atoms with Gasteiger partial charge in [-0.1, -0.05) is 29.5 Å². The lowest BCUT2D eigenvalue weighted by atomic mass is 10.3. The molecule has 0 saturated carbocycles. The number of para-hydroxylation sites is 1. The standard InChI is InChI=1S/C14H12N4OS/c19-13(16-9-10-5-3-4-8-15-10)18-14-17-11-6-1-2-7-12(11)20-14/h1-8H,9H2,(H2,16,17,18,19). The van der Waals surface area contributed by atoms with Crippen molar-refractivity contribution in [3.05, 3.63) is 54.4 Å². The average Bonchev–Trinajstić information content (AvgIpc) is 2.88. The molecule has 0 radical (unpaired) electrons. The fourth-order valence-electron chi connectivity index (χ4n) is 1.74. The van der Waals surface area contributed by atoms with Crippen LogP contribution in [0.3, 0.4) is 0 Å². The van der Waals surface area contributed by atoms with E-state index >= 15 is 0 Å². The van der Waals surface area contributed by atoms with Crippen LogP contribution in [0.5, 0.6) is 0 Å². The van der Waals surface area contributed by atoms with E-state index in [9.17, 15) is 4.79 Å². The van der Waals surface area contributed by atoms with Crippen LogP contribution in [-0.2, 0) is 6.54 Å². The Labute approximate surface area is 119 Å². The van der Waals surface area contributed by atoms with Gasteiger partial charge >= 0.3 is 6.03 Å². The van der Waals surface area contributed by atoms with E-state index in [0.717, 1.165) is 15.9 Å². The Balaban J connectivity index is 1.61. The van der Waals surface area contributed by atoms with Gasteiger partial charge in [0.1, 0.15) is 0 Å². The van der Waals surface area contributed by atoms with Crippen LogP contribution in [0.15, 0.2) is 48.7 Å². The first kappa shape index (κ1) is 12.6. The molecule has 3 rings (SSSR count). The van der Waals surface area contributed by atoms with Gasteiger partial charge in [-0.3, -0.25) is 10.3 Å². The van der Waals surface area contributed by atoms with Gasteiger partial charge in [-0.05, 0) is 24.3 Å². The molecule has 0 aliphatic carbocycles. The summed E-state index contributed by atoms with van der Waals surface area (Å²) >= 11 is 1.45. The second-order valence-electron chi connectivity index (χ2n) is 4.12. The average molecular weight is 284 g/mol. The van der Waals surface area contributed by atoms with Crippen molar-refractivity contribution in [2.75, 3.05) is 5.32 Å². The predicted molar refractivity (Wildman–Crippen MR) is 79.7 cm³/mol. The van der Waals surface area contributed by atoms with Crippen molar-refractivity contribution in [3.8, 4) is 0 Å². The second-order valence-corrected chi connectivity index (χ2v) is 5.15. The maximum absolute atomic E-state index is 11.8. The SMILES string of the molecule is O=C(NCc1ccccn1)Nc1nc2ccccc2s1. The number of urea groups is 1. The summed E-state index contributed by atoms with van der Waals surface area (Å²) in [5.74, 6) is 0. The Morgan fingerprint density at radius 3 is 2.80 bits per heavy atom. The van der Waals surface area contributed by atoms with E-state index in [1.165, 1.54) is 11.3 Å². The number of hydrogen-bond acceptors (Lipinski definition) is 4. The van der Waals surface area contributed by atoms with Gasteiger partial charge in [-0.25, -0.2) is 9.78 Å². The molecular formula is C14H12N4OS. The molecule has 0 aliphatic rings. The number of anilines is 1. The molecule has 3 aromatic rings. The van der Waals surface area contributed by atoms with Crippen LogP contribution >= 0.6 is 11.3 Å². The Morgan fingerprint density at radius 2 is 2.00 bits per heavy atom. The third-order valence-corrected chi connectivity index (χ3v) is 3.62. The van der Waals surface area contributed by atoms with Gasteiger partial charge < -0.3 is 5.32 Å². The highest BCUT2D eigenvalue weighted by molar-refractivity contribution is 7.22. The van der Waals surface area contributed by atoms with E-state index in [0.29, 0.717) is 11.7 Å². The molecular weight excluding hydrogens is 272 g/mol. The molecule has 1 aromatic carbocycles. The number of aromatic nitrogens is 2. The minimum absolute atomic E-state index is 0.283. The molecule has 20 heavy (non-hydrogen) atoms. The Bertz CT molecular complexity index is 693. The number of pyridine rings is 1. The maximum atomic E-state index is 11.8. The molecule has 0 unspecified atom stereocenters. The van der Waals surface area contributed by atoms with E-state index in [2.05, 4.69) is 20.6 Å². The molecule has 5 nitrogen and oxygen atoms in total. The molecule has 100 valence electrons. The van der Waals surface area contributed by atoms with E-state index in [1.807, 2.05) is 42.5 Å². The number of fused-ring (bicyclic) bond motifs is 1. The lowest BCUT2D eigenvalue weighted by Gasteiger charge is -2.04. The molecule has 0 aliphatic heterocycles. The van der Waals surface area contributed by atoms with E-state index in [-0.39, 0.29) is 6.03 Å². The van der Waals surface area contributed by atoms with Crippen LogP contribution in [0.25, 0.3) is 10.2 Å². The molecule has 0 bridgehead atoms. The number of nitrogens with zero attached hydrogens (tertiary/aromatic N) is 2. The highest BCUT2D eigenvalue weighted by atomic mass is 32.1. The van der Waals surface area contributed by atoms with Crippen molar-refractivity contribution in [2.24, 2.45) is 0 Å². The molecule has 6 heteroatoms. The van der Waals surface area contributed by atoms with Crippen molar-refractivity contribution in [1.29, 1.82) is 0 Å². The number of carbonyl (C=O) groups is 1. The van der Waals surface area contributed by atoms with E-state index < -0.39 is 0 Å². The predicted octanol–water partition coefficient (Wildman–Crippen LogP) is 3.01. The van der Waals surface area contributed by atoms with Gasteiger partial charge in [-0.15, -0.1) is 0 Å². The molecule has 0 atom stereocenters. The largest absolute Gasteiger partial charge is 0.332 e. The number of nitrogens with one attached hydrogen (secondary N) is 2. The van der Waals surface area contributed by atoms with Gasteiger partial charge in [0.2, 0.25) is 0 Å². The molecule has 2 amide bonds. The highest BCUT2D eigenvalue weighted by Gasteiger charge is 2.07. The lowest BCUT2D eigenvalue weighted by molar-refractivity contribution is 0.251. The monoisotopic (exact) mass is 284 g/mol. The summed E-state index contributed by atoms with van der Waals surface area (Å²) in [5, 5.41) is 6.06. The number of thiazole rings is 1. The first-order valence-corrected chi connectivity index (χ1v) is 6.93. The van der Waals surface area contributed by atoms with Gasteiger partial charge in [-0.2, -0.15) is 0 Å². The zero-order valence-electron chi connectivity index (χ0n) is 10.5. The number of carbonyl (C=O) groups excluding carboxylic acids is 1. The number of benzene rings is 1.